The maximum absolute atomic E-state index is 12.5. The third-order valence-electron chi connectivity index (χ3n) is 3.08. The molecule has 1 saturated heterocycles. The Hall–Kier alpha value is -1.24. The number of hydrogen-bond donors (Lipinski definition) is 0. The number of rotatable bonds is 3. The highest BCUT2D eigenvalue weighted by molar-refractivity contribution is 7.89. The van der Waals surface area contributed by atoms with Gasteiger partial charge in [0.2, 0.25) is 10.0 Å². The third kappa shape index (κ3) is 3.02. The molecule has 0 N–H and O–H groups in total. The summed E-state index contributed by atoms with van der Waals surface area (Å²) >= 11 is 0. The van der Waals surface area contributed by atoms with Crippen LogP contribution in [0.2, 0.25) is 0 Å². The van der Waals surface area contributed by atoms with Gasteiger partial charge in [-0.25, -0.2) is 8.42 Å². The topological polar surface area (TPSA) is 63.7 Å². The van der Waals surface area contributed by atoms with Crippen LogP contribution in [-0.2, 0) is 14.8 Å². The summed E-state index contributed by atoms with van der Waals surface area (Å²) in [6.45, 7) is 4.34. The van der Waals surface area contributed by atoms with Crippen LogP contribution in [0.3, 0.4) is 0 Å². The van der Waals surface area contributed by atoms with Gasteiger partial charge in [0.25, 0.3) is 0 Å². The second kappa shape index (κ2) is 5.40. The molecule has 5 nitrogen and oxygen atoms in total. The molecule has 0 aliphatic carbocycles. The predicted octanol–water partition coefficient (Wildman–Crippen LogP) is 1.30. The van der Waals surface area contributed by atoms with Crippen molar-refractivity contribution in [3.8, 4) is 0 Å². The standard InChI is InChI=1S/C13H17NO4S/c1-10-9-14(6-7-18-10)19(16,17)13-5-3-4-12(8-13)11(2)15/h3-5,8,10H,6-7,9H2,1-2H3. The number of carbonyl (C=O) groups excluding carboxylic acids is 1. The van der Waals surface area contributed by atoms with E-state index < -0.39 is 10.0 Å². The van der Waals surface area contributed by atoms with Crippen molar-refractivity contribution < 1.29 is 17.9 Å². The Bertz CT molecular complexity index is 582. The molecule has 1 aliphatic heterocycles. The summed E-state index contributed by atoms with van der Waals surface area (Å²) in [5, 5.41) is 0. The van der Waals surface area contributed by atoms with Crippen LogP contribution in [0.5, 0.6) is 0 Å². The first kappa shape index (κ1) is 14.2. The molecule has 0 spiro atoms. The fourth-order valence-corrected chi connectivity index (χ4v) is 3.58. The molecule has 1 unspecified atom stereocenters. The molecule has 0 radical (unpaired) electrons. The van der Waals surface area contributed by atoms with Crippen molar-refractivity contribution in [3.05, 3.63) is 29.8 Å². The number of hydrogen-bond acceptors (Lipinski definition) is 4. The van der Waals surface area contributed by atoms with Crippen LogP contribution in [0.25, 0.3) is 0 Å². The Morgan fingerprint density at radius 1 is 1.42 bits per heavy atom. The van der Waals surface area contributed by atoms with E-state index in [1.165, 1.54) is 23.4 Å². The average molecular weight is 283 g/mol. The van der Waals surface area contributed by atoms with Crippen LogP contribution in [0.4, 0.5) is 0 Å². The van der Waals surface area contributed by atoms with Gasteiger partial charge in [0.1, 0.15) is 0 Å². The lowest BCUT2D eigenvalue weighted by molar-refractivity contribution is 0.0102. The number of Topliss-reactive ketones (excluding diaryl/α,β-unsaturated/α-hetero) is 1. The smallest absolute Gasteiger partial charge is 0.243 e. The van der Waals surface area contributed by atoms with Gasteiger partial charge in [0.15, 0.2) is 5.78 Å². The number of ketones is 1. The van der Waals surface area contributed by atoms with Crippen LogP contribution >= 0.6 is 0 Å². The minimum absolute atomic E-state index is 0.112. The number of ether oxygens (including phenoxy) is 1. The molecular weight excluding hydrogens is 266 g/mol. The summed E-state index contributed by atoms with van der Waals surface area (Å²) in [5.74, 6) is -0.146. The van der Waals surface area contributed by atoms with Gasteiger partial charge < -0.3 is 4.74 Å². The van der Waals surface area contributed by atoms with Crippen LogP contribution in [0.1, 0.15) is 24.2 Å². The largest absolute Gasteiger partial charge is 0.376 e. The summed E-state index contributed by atoms with van der Waals surface area (Å²) in [6, 6.07) is 6.15. The first-order chi connectivity index (χ1) is 8.91. The van der Waals surface area contributed by atoms with Gasteiger partial charge in [0, 0.05) is 18.7 Å². The van der Waals surface area contributed by atoms with Gasteiger partial charge in [-0.15, -0.1) is 0 Å². The van der Waals surface area contributed by atoms with Gasteiger partial charge in [-0.05, 0) is 26.0 Å². The van der Waals surface area contributed by atoms with E-state index in [1.54, 1.807) is 12.1 Å². The number of carbonyl (C=O) groups is 1. The Kier molecular flexibility index (Phi) is 4.03. The summed E-state index contributed by atoms with van der Waals surface area (Å²) < 4.78 is 31.7. The Balaban J connectivity index is 2.33. The van der Waals surface area contributed by atoms with Crippen molar-refractivity contribution in [1.29, 1.82) is 0 Å². The summed E-state index contributed by atoms with van der Waals surface area (Å²) in [5.41, 5.74) is 0.405. The summed E-state index contributed by atoms with van der Waals surface area (Å²) in [4.78, 5) is 11.5. The van der Waals surface area contributed by atoms with Crippen molar-refractivity contribution >= 4 is 15.8 Å². The average Bonchev–Trinajstić information content (AvgIpc) is 2.39. The number of morpholine rings is 1. The second-order valence-electron chi connectivity index (χ2n) is 4.63. The molecule has 1 atom stereocenters. The minimum Gasteiger partial charge on any atom is -0.376 e. The molecule has 1 fully saturated rings. The molecule has 2 rings (SSSR count). The fourth-order valence-electron chi connectivity index (χ4n) is 2.03. The van der Waals surface area contributed by atoms with E-state index in [0.29, 0.717) is 25.3 Å². The van der Waals surface area contributed by atoms with E-state index in [-0.39, 0.29) is 16.8 Å². The van der Waals surface area contributed by atoms with Crippen LogP contribution in [0, 0.1) is 0 Å². The van der Waals surface area contributed by atoms with E-state index in [4.69, 9.17) is 4.74 Å². The molecule has 1 heterocycles. The van der Waals surface area contributed by atoms with Crippen molar-refractivity contribution in [2.45, 2.75) is 24.8 Å². The zero-order chi connectivity index (χ0) is 14.0. The van der Waals surface area contributed by atoms with Crippen LogP contribution in [-0.4, -0.2) is 44.3 Å². The van der Waals surface area contributed by atoms with Crippen LogP contribution in [0.15, 0.2) is 29.2 Å². The highest BCUT2D eigenvalue weighted by Crippen LogP contribution is 2.19. The van der Waals surface area contributed by atoms with Gasteiger partial charge in [0.05, 0.1) is 17.6 Å². The van der Waals surface area contributed by atoms with E-state index in [1.807, 2.05) is 6.92 Å². The lowest BCUT2D eigenvalue weighted by Crippen LogP contribution is -2.44. The number of sulfonamides is 1. The number of benzene rings is 1. The maximum atomic E-state index is 12.5. The van der Waals surface area contributed by atoms with E-state index >= 15 is 0 Å². The molecule has 1 aliphatic rings. The quantitative estimate of drug-likeness (QED) is 0.784. The molecule has 0 aromatic heterocycles. The lowest BCUT2D eigenvalue weighted by Gasteiger charge is -2.30. The predicted molar refractivity (Wildman–Crippen MR) is 70.6 cm³/mol. The molecule has 104 valence electrons. The second-order valence-corrected chi connectivity index (χ2v) is 6.57. The molecule has 6 heteroatoms. The Morgan fingerprint density at radius 2 is 2.16 bits per heavy atom. The SMILES string of the molecule is CC(=O)c1cccc(S(=O)(=O)N2CCOC(C)C2)c1. The van der Waals surface area contributed by atoms with Gasteiger partial charge in [-0.3, -0.25) is 4.79 Å². The molecule has 1 aromatic rings. The highest BCUT2D eigenvalue weighted by atomic mass is 32.2. The summed E-state index contributed by atoms with van der Waals surface area (Å²) in [7, 11) is -3.55. The van der Waals surface area contributed by atoms with E-state index in [2.05, 4.69) is 0 Å². The molecular formula is C13H17NO4S. The first-order valence-electron chi connectivity index (χ1n) is 6.14. The van der Waals surface area contributed by atoms with Crippen molar-refractivity contribution in [3.63, 3.8) is 0 Å². The van der Waals surface area contributed by atoms with E-state index in [9.17, 15) is 13.2 Å². The minimum atomic E-state index is -3.55. The normalized spacial score (nSPS) is 21.3. The first-order valence-corrected chi connectivity index (χ1v) is 7.58. The van der Waals surface area contributed by atoms with Crippen LogP contribution < -0.4 is 0 Å². The molecule has 0 bridgehead atoms. The lowest BCUT2D eigenvalue weighted by atomic mass is 10.2. The summed E-state index contributed by atoms with van der Waals surface area (Å²) in [6.07, 6.45) is -0.112. The highest BCUT2D eigenvalue weighted by Gasteiger charge is 2.29. The monoisotopic (exact) mass is 283 g/mol. The maximum Gasteiger partial charge on any atom is 0.243 e. The van der Waals surface area contributed by atoms with Crippen molar-refractivity contribution in [2.24, 2.45) is 0 Å². The van der Waals surface area contributed by atoms with Gasteiger partial charge >= 0.3 is 0 Å². The molecule has 1 aromatic carbocycles. The zero-order valence-corrected chi connectivity index (χ0v) is 11.8. The molecule has 0 saturated carbocycles. The van der Waals surface area contributed by atoms with Crippen molar-refractivity contribution in [2.75, 3.05) is 19.7 Å². The molecule has 0 amide bonds. The fraction of sp³-hybridized carbons (Fsp3) is 0.462. The third-order valence-corrected chi connectivity index (χ3v) is 4.94. The number of nitrogens with zero attached hydrogens (tertiary/aromatic N) is 1. The van der Waals surface area contributed by atoms with Crippen molar-refractivity contribution in [1.82, 2.24) is 4.31 Å². The molecule has 19 heavy (non-hydrogen) atoms. The Labute approximate surface area is 113 Å². The zero-order valence-electron chi connectivity index (χ0n) is 11.0. The Morgan fingerprint density at radius 3 is 2.79 bits per heavy atom. The van der Waals surface area contributed by atoms with Gasteiger partial charge in [-0.2, -0.15) is 4.31 Å². The van der Waals surface area contributed by atoms with E-state index in [0.717, 1.165) is 0 Å². The van der Waals surface area contributed by atoms with Gasteiger partial charge in [-0.1, -0.05) is 12.1 Å².